The molecule has 0 saturated carbocycles. The summed E-state index contributed by atoms with van der Waals surface area (Å²) in [7, 11) is 0. The monoisotopic (exact) mass is 342 g/mol. The Labute approximate surface area is 130 Å². The van der Waals surface area contributed by atoms with Crippen molar-refractivity contribution in [3.05, 3.63) is 0 Å². The minimum absolute atomic E-state index is 0.796. The van der Waals surface area contributed by atoms with Crippen molar-refractivity contribution in [2.75, 3.05) is 19.8 Å². The van der Waals surface area contributed by atoms with E-state index in [0.29, 0.717) is 0 Å². The Bertz CT molecular complexity index is 420. The molecule has 0 spiro atoms. The zero-order valence-corrected chi connectivity index (χ0v) is 12.0. The minimum Gasteiger partial charge on any atom is -0.394 e. The van der Waals surface area contributed by atoms with E-state index in [-0.39, 0.29) is 0 Å². The summed E-state index contributed by atoms with van der Waals surface area (Å²) in [6, 6.07) is 0. The topological polar surface area (TPSA) is 201 Å². The Morgan fingerprint density at radius 3 is 1.83 bits per heavy atom. The number of hydrogen-bond acceptors (Lipinski definition) is 11. The zero-order valence-electron chi connectivity index (χ0n) is 12.0. The molecule has 2 saturated heterocycles. The van der Waals surface area contributed by atoms with Gasteiger partial charge in [0, 0.05) is 0 Å². The first-order valence-electron chi connectivity index (χ1n) is 7.00. The molecule has 9 atom stereocenters. The van der Waals surface area contributed by atoms with Crippen LogP contribution in [0.25, 0.3) is 0 Å². The summed E-state index contributed by atoms with van der Waals surface area (Å²) in [6.45, 7) is -2.86. The lowest BCUT2D eigenvalue weighted by Crippen LogP contribution is -2.74. The van der Waals surface area contributed by atoms with E-state index < -0.39 is 73.9 Å². The lowest BCUT2D eigenvalue weighted by molar-refractivity contribution is -0.346. The lowest BCUT2D eigenvalue weighted by Gasteiger charge is -2.49. The summed E-state index contributed by atoms with van der Waals surface area (Å²) in [6.07, 6.45) is -12.5. The number of ether oxygens (including phenoxy) is 2. The average molecular weight is 342 g/mol. The third-order valence-electron chi connectivity index (χ3n) is 4.50. The molecule has 2 aliphatic rings. The fourth-order valence-electron chi connectivity index (χ4n) is 3.08. The molecule has 0 aromatic rings. The molecule has 2 fully saturated rings. The van der Waals surface area contributed by atoms with Crippen molar-refractivity contribution in [2.45, 2.75) is 54.1 Å². The first-order valence-corrected chi connectivity index (χ1v) is 7.00. The molecule has 11 nitrogen and oxygen atoms in total. The molecule has 136 valence electrons. The van der Waals surface area contributed by atoms with Crippen LogP contribution < -0.4 is 0 Å². The van der Waals surface area contributed by atoms with E-state index in [1.54, 1.807) is 0 Å². The average Bonchev–Trinajstić information content (AvgIpc) is 2.75. The maximum absolute atomic E-state index is 10.7. The first-order chi connectivity index (χ1) is 10.7. The molecule has 0 aliphatic carbocycles. The largest absolute Gasteiger partial charge is 0.394 e. The molecule has 2 aliphatic heterocycles. The normalized spacial score (nSPS) is 54.4. The van der Waals surface area contributed by atoms with Crippen LogP contribution in [0.1, 0.15) is 0 Å². The summed E-state index contributed by atoms with van der Waals surface area (Å²) >= 11 is 0. The zero-order chi connectivity index (χ0) is 17.6. The van der Waals surface area contributed by atoms with Gasteiger partial charge in [0.2, 0.25) is 5.79 Å². The summed E-state index contributed by atoms with van der Waals surface area (Å²) in [5.74, 6) is -2.83. The predicted molar refractivity (Wildman–Crippen MR) is 68.7 cm³/mol. The lowest BCUT2D eigenvalue weighted by atomic mass is 9.77. The molecule has 2 unspecified atom stereocenters. The van der Waals surface area contributed by atoms with E-state index in [1.807, 2.05) is 0 Å². The second kappa shape index (κ2) is 6.46. The van der Waals surface area contributed by atoms with Gasteiger partial charge in [-0.15, -0.1) is 0 Å². The van der Waals surface area contributed by atoms with Crippen molar-refractivity contribution in [2.24, 2.45) is 0 Å². The van der Waals surface area contributed by atoms with Crippen molar-refractivity contribution in [1.29, 1.82) is 0 Å². The van der Waals surface area contributed by atoms with Gasteiger partial charge in [0.05, 0.1) is 13.2 Å². The third kappa shape index (κ3) is 2.58. The highest BCUT2D eigenvalue weighted by Crippen LogP contribution is 2.44. The van der Waals surface area contributed by atoms with Crippen molar-refractivity contribution in [3.63, 3.8) is 0 Å². The van der Waals surface area contributed by atoms with Crippen LogP contribution in [-0.2, 0) is 9.47 Å². The molecule has 0 radical (unpaired) electrons. The number of aliphatic hydroxyl groups is 9. The summed E-state index contributed by atoms with van der Waals surface area (Å²) < 4.78 is 9.99. The molecule has 2 heterocycles. The Hall–Kier alpha value is -0.440. The first kappa shape index (κ1) is 18.9. The highest BCUT2D eigenvalue weighted by atomic mass is 16.7. The van der Waals surface area contributed by atoms with Crippen LogP contribution in [0.2, 0.25) is 0 Å². The minimum atomic E-state index is -2.86. The fraction of sp³-hybridized carbons (Fsp3) is 1.00. The van der Waals surface area contributed by atoms with Gasteiger partial charge in [-0.25, -0.2) is 0 Å². The van der Waals surface area contributed by atoms with E-state index in [4.69, 9.17) is 19.7 Å². The van der Waals surface area contributed by atoms with Crippen LogP contribution in [0, 0.1) is 0 Å². The van der Waals surface area contributed by atoms with E-state index >= 15 is 0 Å². The standard InChI is InChI=1S/C12H22O11/c13-1-4-6(16)7(17)8(18)10(22-4)12(21)9(19)5(2-14)23-11(12,20)3-15/h4-10,13-21H,1-3H2/t4-,5-,6+,7+,8-,9-,10?,11?,12-/m1/s1. The molecule has 11 heteroatoms. The van der Waals surface area contributed by atoms with Gasteiger partial charge in [-0.3, -0.25) is 0 Å². The van der Waals surface area contributed by atoms with Crippen LogP contribution in [0.5, 0.6) is 0 Å². The number of rotatable bonds is 4. The van der Waals surface area contributed by atoms with E-state index in [1.165, 1.54) is 0 Å². The molecule has 23 heavy (non-hydrogen) atoms. The number of hydrogen-bond donors (Lipinski definition) is 9. The van der Waals surface area contributed by atoms with Crippen molar-refractivity contribution in [3.8, 4) is 0 Å². The van der Waals surface area contributed by atoms with Gasteiger partial charge in [0.15, 0.2) is 5.60 Å². The Balaban J connectivity index is 2.43. The predicted octanol–water partition coefficient (Wildman–Crippen LogP) is -6.01. The van der Waals surface area contributed by atoms with Gasteiger partial charge in [-0.1, -0.05) is 0 Å². The van der Waals surface area contributed by atoms with Gasteiger partial charge in [0.1, 0.15) is 49.3 Å². The fourth-order valence-corrected chi connectivity index (χ4v) is 3.08. The molecule has 0 amide bonds. The van der Waals surface area contributed by atoms with Crippen molar-refractivity contribution < 1.29 is 55.4 Å². The molecule has 0 aromatic carbocycles. The van der Waals surface area contributed by atoms with Crippen molar-refractivity contribution in [1.82, 2.24) is 0 Å². The third-order valence-corrected chi connectivity index (χ3v) is 4.50. The number of aliphatic hydroxyl groups excluding tert-OH is 7. The molecule has 0 aromatic heterocycles. The quantitative estimate of drug-likeness (QED) is 0.235. The second-order valence-electron chi connectivity index (χ2n) is 5.80. The van der Waals surface area contributed by atoms with Crippen LogP contribution in [0.4, 0.5) is 0 Å². The van der Waals surface area contributed by atoms with Crippen LogP contribution >= 0.6 is 0 Å². The van der Waals surface area contributed by atoms with Gasteiger partial charge < -0.3 is 55.4 Å². The molecular weight excluding hydrogens is 320 g/mol. The van der Waals surface area contributed by atoms with Gasteiger partial charge in [0.25, 0.3) is 0 Å². The van der Waals surface area contributed by atoms with Gasteiger partial charge in [-0.2, -0.15) is 0 Å². The summed E-state index contributed by atoms with van der Waals surface area (Å²) in [5.41, 5.74) is -2.86. The summed E-state index contributed by atoms with van der Waals surface area (Å²) in [4.78, 5) is 0. The maximum Gasteiger partial charge on any atom is 0.224 e. The molecule has 0 bridgehead atoms. The van der Waals surface area contributed by atoms with Gasteiger partial charge in [-0.05, 0) is 0 Å². The Kier molecular flexibility index (Phi) is 5.31. The highest BCUT2D eigenvalue weighted by Gasteiger charge is 2.71. The summed E-state index contributed by atoms with van der Waals surface area (Å²) in [5, 5.41) is 88.3. The van der Waals surface area contributed by atoms with Crippen LogP contribution in [-0.4, -0.2) is 120 Å². The van der Waals surface area contributed by atoms with E-state index in [2.05, 4.69) is 0 Å². The van der Waals surface area contributed by atoms with E-state index in [0.717, 1.165) is 0 Å². The Morgan fingerprint density at radius 2 is 1.35 bits per heavy atom. The van der Waals surface area contributed by atoms with Crippen LogP contribution in [0.15, 0.2) is 0 Å². The molecular formula is C12H22O11. The SMILES string of the molecule is OC[C@H]1OC([C@]2(O)[C@H](O)[C@@H](CO)OC2(O)CO)[C@H](O)[C@@H](O)[C@H]1O. The van der Waals surface area contributed by atoms with Crippen molar-refractivity contribution >= 4 is 0 Å². The maximum atomic E-state index is 10.7. The molecule has 2 rings (SSSR count). The van der Waals surface area contributed by atoms with E-state index in [9.17, 15) is 35.7 Å². The second-order valence-corrected chi connectivity index (χ2v) is 5.80. The Morgan fingerprint density at radius 1 is 0.783 bits per heavy atom. The smallest absolute Gasteiger partial charge is 0.224 e. The molecule has 9 N–H and O–H groups in total. The van der Waals surface area contributed by atoms with Gasteiger partial charge >= 0.3 is 0 Å². The highest BCUT2D eigenvalue weighted by molar-refractivity contribution is 5.16. The van der Waals surface area contributed by atoms with Crippen LogP contribution in [0.3, 0.4) is 0 Å².